The van der Waals surface area contributed by atoms with E-state index in [2.05, 4.69) is 10.2 Å². The molecule has 2 saturated heterocycles. The highest BCUT2D eigenvalue weighted by Gasteiger charge is 2.48. The zero-order chi connectivity index (χ0) is 28.2. The van der Waals surface area contributed by atoms with Crippen LogP contribution >= 0.6 is 12.4 Å². The van der Waals surface area contributed by atoms with E-state index in [1.165, 1.54) is 0 Å². The number of carbonyl (C=O) groups is 2. The zero-order valence-electron chi connectivity index (χ0n) is 23.8. The van der Waals surface area contributed by atoms with Gasteiger partial charge >= 0.3 is 0 Å². The fraction of sp³-hybridized carbons (Fsp3) is 0.562. The lowest BCUT2D eigenvalue weighted by Gasteiger charge is -2.38. The van der Waals surface area contributed by atoms with Gasteiger partial charge in [0, 0.05) is 38.4 Å². The van der Waals surface area contributed by atoms with Gasteiger partial charge in [-0.25, -0.2) is 8.78 Å². The number of nitrogens with zero attached hydrogens (tertiary/aromatic N) is 2. The predicted octanol–water partition coefficient (Wildman–Crippen LogP) is 6.00. The molecule has 2 aromatic carbocycles. The van der Waals surface area contributed by atoms with E-state index in [9.17, 15) is 18.4 Å². The van der Waals surface area contributed by atoms with Crippen LogP contribution in [0.15, 0.2) is 54.6 Å². The Kier molecular flexibility index (Phi) is 10.3. The summed E-state index contributed by atoms with van der Waals surface area (Å²) < 4.78 is 32.5. The number of ether oxygens (including phenoxy) is 1. The summed E-state index contributed by atoms with van der Waals surface area (Å²) >= 11 is 0. The number of rotatable bonds is 9. The number of piperidine rings is 1. The molecular formula is C32H42ClF2N3O3. The quantitative estimate of drug-likeness (QED) is 0.389. The number of halogens is 3. The zero-order valence-corrected chi connectivity index (χ0v) is 24.6. The highest BCUT2D eigenvalue weighted by Crippen LogP contribution is 2.42. The van der Waals surface area contributed by atoms with Gasteiger partial charge in [0.1, 0.15) is 5.75 Å². The van der Waals surface area contributed by atoms with Crippen LogP contribution in [0.4, 0.5) is 8.78 Å². The first-order valence-corrected chi connectivity index (χ1v) is 14.6. The molecule has 0 aromatic heterocycles. The Morgan fingerprint density at radius 2 is 1.61 bits per heavy atom. The van der Waals surface area contributed by atoms with Crippen LogP contribution in [0.25, 0.3) is 0 Å². The Balaban J connectivity index is 0.00000387. The monoisotopic (exact) mass is 589 g/mol. The Labute approximate surface area is 248 Å². The van der Waals surface area contributed by atoms with Gasteiger partial charge in [0.25, 0.3) is 0 Å². The van der Waals surface area contributed by atoms with Crippen molar-refractivity contribution in [2.24, 2.45) is 11.3 Å². The van der Waals surface area contributed by atoms with Crippen LogP contribution in [-0.2, 0) is 16.1 Å². The summed E-state index contributed by atoms with van der Waals surface area (Å²) in [5, 5.41) is 3.18. The number of amides is 2. The molecule has 1 aliphatic carbocycles. The molecule has 9 heteroatoms. The molecule has 1 N–H and O–H groups in total. The molecule has 1 spiro atoms. The predicted molar refractivity (Wildman–Crippen MR) is 157 cm³/mol. The summed E-state index contributed by atoms with van der Waals surface area (Å²) in [6.07, 6.45) is 3.38. The Morgan fingerprint density at radius 1 is 0.976 bits per heavy atom. The number of hydrogen-bond donors (Lipinski definition) is 1. The van der Waals surface area contributed by atoms with Crippen LogP contribution in [0.3, 0.4) is 0 Å². The minimum Gasteiger partial charge on any atom is -0.497 e. The van der Waals surface area contributed by atoms with Crippen LogP contribution in [0.5, 0.6) is 5.75 Å². The fourth-order valence-corrected chi connectivity index (χ4v) is 6.57. The van der Waals surface area contributed by atoms with E-state index in [1.807, 2.05) is 59.5 Å². The second kappa shape index (κ2) is 13.5. The van der Waals surface area contributed by atoms with Crippen molar-refractivity contribution in [3.8, 4) is 5.75 Å². The molecule has 2 aliphatic heterocycles. The molecule has 2 heterocycles. The van der Waals surface area contributed by atoms with Crippen molar-refractivity contribution < 1.29 is 23.1 Å². The highest BCUT2D eigenvalue weighted by atomic mass is 35.5. The van der Waals surface area contributed by atoms with E-state index in [0.29, 0.717) is 6.54 Å². The van der Waals surface area contributed by atoms with Gasteiger partial charge in [-0.2, -0.15) is 0 Å². The molecule has 2 aromatic rings. The van der Waals surface area contributed by atoms with Crippen molar-refractivity contribution >= 4 is 24.2 Å². The maximum Gasteiger partial charge on any atom is 0.248 e. The van der Waals surface area contributed by atoms with E-state index >= 15 is 0 Å². The Morgan fingerprint density at radius 3 is 2.24 bits per heavy atom. The number of methoxy groups -OCH3 is 1. The largest absolute Gasteiger partial charge is 0.497 e. The SMILES string of the molecule is COc1ccc(CN2CCC3(CCN(CC[C@H](NC(=O)C4CCC(F)(F)CC4)c4ccccc4)CC3)C2=O)cc1.Cl. The number of nitrogens with one attached hydrogen (secondary N) is 1. The van der Waals surface area contributed by atoms with Crippen molar-refractivity contribution in [2.45, 2.75) is 69.9 Å². The van der Waals surface area contributed by atoms with Gasteiger partial charge in [-0.05, 0) is 74.9 Å². The van der Waals surface area contributed by atoms with Gasteiger partial charge in [-0.1, -0.05) is 42.5 Å². The molecule has 224 valence electrons. The van der Waals surface area contributed by atoms with E-state index in [1.54, 1.807) is 7.11 Å². The summed E-state index contributed by atoms with van der Waals surface area (Å²) in [5.41, 5.74) is 1.88. The summed E-state index contributed by atoms with van der Waals surface area (Å²) in [6, 6.07) is 17.6. The fourth-order valence-electron chi connectivity index (χ4n) is 6.57. The first-order chi connectivity index (χ1) is 19.3. The highest BCUT2D eigenvalue weighted by molar-refractivity contribution is 5.85. The third-order valence-corrected chi connectivity index (χ3v) is 9.29. The van der Waals surface area contributed by atoms with Crippen molar-refractivity contribution in [1.29, 1.82) is 0 Å². The number of likely N-dealkylation sites (tertiary alicyclic amines) is 2. The third-order valence-electron chi connectivity index (χ3n) is 9.29. The minimum atomic E-state index is -2.64. The molecule has 0 bridgehead atoms. The number of carbonyl (C=O) groups excluding carboxylic acids is 2. The lowest BCUT2D eigenvalue weighted by molar-refractivity contribution is -0.139. The van der Waals surface area contributed by atoms with Crippen molar-refractivity contribution in [1.82, 2.24) is 15.1 Å². The van der Waals surface area contributed by atoms with E-state index in [4.69, 9.17) is 4.74 Å². The molecule has 3 fully saturated rings. The van der Waals surface area contributed by atoms with Crippen LogP contribution in [-0.4, -0.2) is 60.8 Å². The first kappa shape index (κ1) is 31.2. The average molecular weight is 590 g/mol. The molecule has 1 saturated carbocycles. The molecule has 41 heavy (non-hydrogen) atoms. The lowest BCUT2D eigenvalue weighted by Crippen LogP contribution is -2.45. The maximum absolute atomic E-state index is 13.6. The normalized spacial score (nSPS) is 21.3. The van der Waals surface area contributed by atoms with Crippen molar-refractivity contribution in [2.75, 3.05) is 33.3 Å². The smallest absolute Gasteiger partial charge is 0.248 e. The molecule has 6 nitrogen and oxygen atoms in total. The standard InChI is InChI=1S/C32H41F2N3O3.ClH/c1-40-27-9-7-24(8-10-27)23-37-22-18-31(30(37)39)16-20-36(21-17-31)19-13-28(25-5-3-2-4-6-25)35-29(38)26-11-14-32(33,34)15-12-26;/h2-10,26,28H,11-23H2,1H3,(H,35,38);1H/t28-;/m0./s1. The molecular weight excluding hydrogens is 548 g/mol. The van der Waals surface area contributed by atoms with Gasteiger partial charge in [0.2, 0.25) is 17.7 Å². The van der Waals surface area contributed by atoms with Crippen LogP contribution < -0.4 is 10.1 Å². The topological polar surface area (TPSA) is 61.9 Å². The van der Waals surface area contributed by atoms with Gasteiger partial charge < -0.3 is 19.9 Å². The second-order valence-electron chi connectivity index (χ2n) is 11.8. The van der Waals surface area contributed by atoms with E-state index < -0.39 is 5.92 Å². The molecule has 1 atom stereocenters. The van der Waals surface area contributed by atoms with Gasteiger partial charge in [-0.15, -0.1) is 12.4 Å². The van der Waals surface area contributed by atoms with E-state index in [0.717, 1.165) is 68.7 Å². The number of benzene rings is 2. The Bertz CT molecular complexity index is 1150. The molecule has 2 amide bonds. The molecule has 5 rings (SSSR count). The van der Waals surface area contributed by atoms with Gasteiger partial charge in [0.15, 0.2) is 0 Å². The van der Waals surface area contributed by atoms with Crippen molar-refractivity contribution in [3.63, 3.8) is 0 Å². The third kappa shape index (κ3) is 7.58. The lowest BCUT2D eigenvalue weighted by atomic mass is 9.77. The first-order valence-electron chi connectivity index (χ1n) is 14.6. The average Bonchev–Trinajstić information content (AvgIpc) is 3.26. The van der Waals surface area contributed by atoms with Gasteiger partial charge in [-0.3, -0.25) is 9.59 Å². The summed E-state index contributed by atoms with van der Waals surface area (Å²) in [6.45, 7) is 3.94. The molecule has 0 unspecified atom stereocenters. The van der Waals surface area contributed by atoms with Crippen molar-refractivity contribution in [3.05, 3.63) is 65.7 Å². The second-order valence-corrected chi connectivity index (χ2v) is 11.8. The van der Waals surface area contributed by atoms with Crippen LogP contribution in [0, 0.1) is 11.3 Å². The summed E-state index contributed by atoms with van der Waals surface area (Å²) in [4.78, 5) is 30.9. The molecule has 3 aliphatic rings. The summed E-state index contributed by atoms with van der Waals surface area (Å²) in [7, 11) is 1.65. The van der Waals surface area contributed by atoms with Crippen LogP contribution in [0.2, 0.25) is 0 Å². The van der Waals surface area contributed by atoms with Crippen LogP contribution in [0.1, 0.15) is 68.5 Å². The maximum atomic E-state index is 13.6. The van der Waals surface area contributed by atoms with Gasteiger partial charge in [0.05, 0.1) is 18.6 Å². The Hall–Kier alpha value is -2.71. The summed E-state index contributed by atoms with van der Waals surface area (Å²) in [5.74, 6) is -2.02. The minimum absolute atomic E-state index is 0. The number of hydrogen-bond acceptors (Lipinski definition) is 4. The number of alkyl halides is 2. The molecule has 0 radical (unpaired) electrons. The van der Waals surface area contributed by atoms with E-state index in [-0.39, 0.29) is 67.3 Å².